The standard InChI is InChI=1S/C15H24/c1-3-5-7-11-15-13-9-8-12-14(15)10-6-4-2/h8-9,12-13H,3-7,10-11H2,1-2H3. The SMILES string of the molecule is CCCCCc1ccccc1CCCC. The summed E-state index contributed by atoms with van der Waals surface area (Å²) in [6, 6.07) is 8.96. The van der Waals surface area contributed by atoms with E-state index in [0.717, 1.165) is 0 Å². The van der Waals surface area contributed by atoms with Gasteiger partial charge in [0.2, 0.25) is 0 Å². The predicted molar refractivity (Wildman–Crippen MR) is 68.3 cm³/mol. The molecular weight excluding hydrogens is 180 g/mol. The van der Waals surface area contributed by atoms with E-state index in [1.807, 2.05) is 0 Å². The summed E-state index contributed by atoms with van der Waals surface area (Å²) in [4.78, 5) is 0. The first kappa shape index (κ1) is 12.3. The Balaban J connectivity index is 2.52. The summed E-state index contributed by atoms with van der Waals surface area (Å²) in [5.41, 5.74) is 3.16. The largest absolute Gasteiger partial charge is 0.0654 e. The van der Waals surface area contributed by atoms with Crippen molar-refractivity contribution < 1.29 is 0 Å². The molecule has 0 spiro atoms. The molecule has 0 heteroatoms. The van der Waals surface area contributed by atoms with Crippen LogP contribution in [0.25, 0.3) is 0 Å². The zero-order chi connectivity index (χ0) is 10.9. The lowest BCUT2D eigenvalue weighted by Crippen LogP contribution is -1.94. The molecule has 1 aromatic rings. The fraction of sp³-hybridized carbons (Fsp3) is 0.600. The second kappa shape index (κ2) is 7.50. The molecule has 0 fully saturated rings. The molecule has 0 bridgehead atoms. The number of benzene rings is 1. The van der Waals surface area contributed by atoms with Gasteiger partial charge in [-0.25, -0.2) is 0 Å². The molecule has 15 heavy (non-hydrogen) atoms. The first-order valence-electron chi connectivity index (χ1n) is 6.45. The Kier molecular flexibility index (Phi) is 6.15. The summed E-state index contributed by atoms with van der Waals surface area (Å²) in [6.07, 6.45) is 9.18. The molecule has 0 radical (unpaired) electrons. The van der Waals surface area contributed by atoms with Crippen LogP contribution in [0.15, 0.2) is 24.3 Å². The van der Waals surface area contributed by atoms with E-state index in [1.54, 1.807) is 11.1 Å². The van der Waals surface area contributed by atoms with Crippen molar-refractivity contribution in [2.75, 3.05) is 0 Å². The second-order valence-corrected chi connectivity index (χ2v) is 4.33. The summed E-state index contributed by atoms with van der Waals surface area (Å²) in [5, 5.41) is 0. The molecule has 0 N–H and O–H groups in total. The van der Waals surface area contributed by atoms with Crippen molar-refractivity contribution >= 4 is 0 Å². The minimum Gasteiger partial charge on any atom is -0.0654 e. The molecule has 0 amide bonds. The number of aryl methyl sites for hydroxylation is 2. The third kappa shape index (κ3) is 4.51. The number of unbranched alkanes of at least 4 members (excludes halogenated alkanes) is 3. The number of hydrogen-bond acceptors (Lipinski definition) is 0. The summed E-state index contributed by atoms with van der Waals surface area (Å²) in [6.45, 7) is 4.53. The van der Waals surface area contributed by atoms with Crippen LogP contribution in [0.3, 0.4) is 0 Å². The van der Waals surface area contributed by atoms with Crippen LogP contribution < -0.4 is 0 Å². The number of rotatable bonds is 7. The van der Waals surface area contributed by atoms with Crippen LogP contribution in [-0.2, 0) is 12.8 Å². The molecular formula is C15H24. The van der Waals surface area contributed by atoms with Gasteiger partial charge in [0.25, 0.3) is 0 Å². The Labute approximate surface area is 94.7 Å². The maximum Gasteiger partial charge on any atom is -0.0276 e. The summed E-state index contributed by atoms with van der Waals surface area (Å²) in [7, 11) is 0. The highest BCUT2D eigenvalue weighted by molar-refractivity contribution is 5.27. The number of hydrogen-bond donors (Lipinski definition) is 0. The van der Waals surface area contributed by atoms with Crippen LogP contribution in [0.1, 0.15) is 57.1 Å². The second-order valence-electron chi connectivity index (χ2n) is 4.33. The molecule has 0 atom stereocenters. The minimum absolute atomic E-state index is 1.26. The molecule has 0 heterocycles. The van der Waals surface area contributed by atoms with Crippen LogP contribution in [0.5, 0.6) is 0 Å². The molecule has 1 aromatic carbocycles. The van der Waals surface area contributed by atoms with Crippen molar-refractivity contribution in [3.63, 3.8) is 0 Å². The van der Waals surface area contributed by atoms with E-state index in [4.69, 9.17) is 0 Å². The highest BCUT2D eigenvalue weighted by Gasteiger charge is 2.00. The average Bonchev–Trinajstić information content (AvgIpc) is 2.28. The van der Waals surface area contributed by atoms with Gasteiger partial charge in [-0.05, 0) is 36.8 Å². The zero-order valence-corrected chi connectivity index (χ0v) is 10.3. The van der Waals surface area contributed by atoms with E-state index in [0.29, 0.717) is 0 Å². The van der Waals surface area contributed by atoms with Gasteiger partial charge in [0.15, 0.2) is 0 Å². The van der Waals surface area contributed by atoms with Gasteiger partial charge in [-0.3, -0.25) is 0 Å². The maximum atomic E-state index is 2.31. The highest BCUT2D eigenvalue weighted by Crippen LogP contribution is 2.15. The highest BCUT2D eigenvalue weighted by atomic mass is 14.1. The summed E-state index contributed by atoms with van der Waals surface area (Å²) in [5.74, 6) is 0. The lowest BCUT2D eigenvalue weighted by molar-refractivity contribution is 0.707. The Morgan fingerprint density at radius 3 is 1.80 bits per heavy atom. The third-order valence-electron chi connectivity index (χ3n) is 2.97. The minimum atomic E-state index is 1.26. The van der Waals surface area contributed by atoms with Gasteiger partial charge in [0.1, 0.15) is 0 Å². The molecule has 0 aliphatic heterocycles. The van der Waals surface area contributed by atoms with Crippen LogP contribution in [0.2, 0.25) is 0 Å². The van der Waals surface area contributed by atoms with Gasteiger partial charge < -0.3 is 0 Å². The average molecular weight is 204 g/mol. The third-order valence-corrected chi connectivity index (χ3v) is 2.97. The Bertz CT molecular complexity index is 262. The fourth-order valence-corrected chi connectivity index (χ4v) is 1.98. The van der Waals surface area contributed by atoms with Crippen molar-refractivity contribution in [2.45, 2.75) is 58.8 Å². The summed E-state index contributed by atoms with van der Waals surface area (Å²) >= 11 is 0. The van der Waals surface area contributed by atoms with Crippen LogP contribution in [0, 0.1) is 0 Å². The van der Waals surface area contributed by atoms with Crippen molar-refractivity contribution in [1.82, 2.24) is 0 Å². The molecule has 0 saturated carbocycles. The van der Waals surface area contributed by atoms with E-state index >= 15 is 0 Å². The van der Waals surface area contributed by atoms with Crippen LogP contribution in [0.4, 0.5) is 0 Å². The molecule has 0 aliphatic carbocycles. The quantitative estimate of drug-likeness (QED) is 0.562. The molecule has 0 aliphatic rings. The van der Waals surface area contributed by atoms with Crippen molar-refractivity contribution in [3.8, 4) is 0 Å². The van der Waals surface area contributed by atoms with Crippen LogP contribution >= 0.6 is 0 Å². The van der Waals surface area contributed by atoms with E-state index in [9.17, 15) is 0 Å². The van der Waals surface area contributed by atoms with E-state index in [1.165, 1.54) is 44.9 Å². The van der Waals surface area contributed by atoms with Crippen LogP contribution in [-0.4, -0.2) is 0 Å². The molecule has 0 unspecified atom stereocenters. The smallest absolute Gasteiger partial charge is 0.0276 e. The predicted octanol–water partition coefficient (Wildman–Crippen LogP) is 4.76. The molecule has 0 nitrogen and oxygen atoms in total. The normalized spacial score (nSPS) is 10.5. The fourth-order valence-electron chi connectivity index (χ4n) is 1.98. The van der Waals surface area contributed by atoms with Gasteiger partial charge >= 0.3 is 0 Å². The lowest BCUT2D eigenvalue weighted by atomic mass is 9.98. The molecule has 84 valence electrons. The first-order chi connectivity index (χ1) is 7.38. The maximum absolute atomic E-state index is 2.31. The van der Waals surface area contributed by atoms with Crippen molar-refractivity contribution in [3.05, 3.63) is 35.4 Å². The Morgan fingerprint density at radius 1 is 0.733 bits per heavy atom. The zero-order valence-electron chi connectivity index (χ0n) is 10.3. The van der Waals surface area contributed by atoms with E-state index in [-0.39, 0.29) is 0 Å². The topological polar surface area (TPSA) is 0 Å². The van der Waals surface area contributed by atoms with Gasteiger partial charge in [-0.1, -0.05) is 57.4 Å². The van der Waals surface area contributed by atoms with Gasteiger partial charge in [0, 0.05) is 0 Å². The van der Waals surface area contributed by atoms with Gasteiger partial charge in [-0.2, -0.15) is 0 Å². The molecule has 0 saturated heterocycles. The van der Waals surface area contributed by atoms with E-state index < -0.39 is 0 Å². The van der Waals surface area contributed by atoms with Gasteiger partial charge in [-0.15, -0.1) is 0 Å². The van der Waals surface area contributed by atoms with Crippen molar-refractivity contribution in [1.29, 1.82) is 0 Å². The Hall–Kier alpha value is -0.780. The van der Waals surface area contributed by atoms with E-state index in [2.05, 4.69) is 38.1 Å². The summed E-state index contributed by atoms with van der Waals surface area (Å²) < 4.78 is 0. The van der Waals surface area contributed by atoms with Gasteiger partial charge in [0.05, 0.1) is 0 Å². The first-order valence-corrected chi connectivity index (χ1v) is 6.45. The lowest BCUT2D eigenvalue weighted by Gasteiger charge is -2.08. The monoisotopic (exact) mass is 204 g/mol. The molecule has 0 aromatic heterocycles. The molecule has 1 rings (SSSR count). The Morgan fingerprint density at radius 2 is 1.27 bits per heavy atom. The van der Waals surface area contributed by atoms with Crippen molar-refractivity contribution in [2.24, 2.45) is 0 Å².